The summed E-state index contributed by atoms with van der Waals surface area (Å²) in [6, 6.07) is 0. The van der Waals surface area contributed by atoms with E-state index in [0.717, 1.165) is 11.9 Å². The summed E-state index contributed by atoms with van der Waals surface area (Å²) >= 11 is 5.52. The average molecular weight is 369 g/mol. The van der Waals surface area contributed by atoms with Crippen molar-refractivity contribution >= 4 is 38.5 Å². The van der Waals surface area contributed by atoms with E-state index >= 15 is 0 Å². The molecular weight excluding hydrogens is 359 g/mol. The Balaban J connectivity index is 2.25. The zero-order valence-electron chi connectivity index (χ0n) is 7.54. The Hall–Kier alpha value is 0.0900. The second-order valence-corrected chi connectivity index (χ2v) is 5.53. The Kier molecular flexibility index (Phi) is 2.97. The maximum atomic E-state index is 11.7. The van der Waals surface area contributed by atoms with Crippen LogP contribution < -0.4 is 5.56 Å². The summed E-state index contributed by atoms with van der Waals surface area (Å²) in [4.78, 5) is 15.7. The lowest BCUT2D eigenvalue weighted by atomic mass is 10.1. The summed E-state index contributed by atoms with van der Waals surface area (Å²) < 4.78 is 2.41. The number of halogens is 2. The van der Waals surface area contributed by atoms with Crippen LogP contribution in [0.15, 0.2) is 17.3 Å². The van der Waals surface area contributed by atoms with Gasteiger partial charge < -0.3 is 0 Å². The fraction of sp³-hybridized carbons (Fsp3) is 0.556. The molecule has 1 heterocycles. The molecule has 0 aliphatic heterocycles. The van der Waals surface area contributed by atoms with E-state index in [-0.39, 0.29) is 5.56 Å². The molecule has 3 nitrogen and oxygen atoms in total. The molecule has 0 radical (unpaired) electrons. The first-order chi connectivity index (χ1) is 6.67. The Bertz CT molecular complexity index is 400. The molecule has 0 N–H and O–H groups in total. The number of hydrogen-bond acceptors (Lipinski definition) is 2. The van der Waals surface area contributed by atoms with E-state index in [9.17, 15) is 4.79 Å². The van der Waals surface area contributed by atoms with E-state index in [4.69, 9.17) is 0 Å². The Morgan fingerprint density at radius 1 is 1.64 bits per heavy atom. The smallest absolute Gasteiger partial charge is 0.266 e. The summed E-state index contributed by atoms with van der Waals surface area (Å²) in [5.74, 6) is 0. The van der Waals surface area contributed by atoms with Gasteiger partial charge in [-0.3, -0.25) is 9.36 Å². The Morgan fingerprint density at radius 2 is 2.36 bits per heavy atom. The van der Waals surface area contributed by atoms with E-state index in [1.165, 1.54) is 12.8 Å². The summed E-state index contributed by atoms with van der Waals surface area (Å²) in [6.45, 7) is 0.793. The lowest BCUT2D eigenvalue weighted by molar-refractivity contribution is 0.460. The van der Waals surface area contributed by atoms with Crippen LogP contribution in [0.3, 0.4) is 0 Å². The highest BCUT2D eigenvalue weighted by molar-refractivity contribution is 14.1. The van der Waals surface area contributed by atoms with Gasteiger partial charge in [0.05, 0.1) is 9.90 Å². The van der Waals surface area contributed by atoms with E-state index < -0.39 is 0 Å². The molecule has 1 aliphatic rings. The van der Waals surface area contributed by atoms with Crippen LogP contribution >= 0.6 is 38.5 Å². The van der Waals surface area contributed by atoms with Gasteiger partial charge in [-0.25, -0.2) is 4.98 Å². The average Bonchev–Trinajstić information content (AvgIpc) is 2.94. The standard InChI is InChI=1S/C9H10BrIN2O/c10-4-9(1-2-9)5-13-6-12-3-7(11)8(13)14/h3,6H,1-2,4-5H2. The lowest BCUT2D eigenvalue weighted by Crippen LogP contribution is -2.27. The van der Waals surface area contributed by atoms with Gasteiger partial charge in [0, 0.05) is 18.1 Å². The molecule has 1 saturated carbocycles. The molecule has 1 aromatic heterocycles. The normalized spacial score (nSPS) is 18.1. The van der Waals surface area contributed by atoms with E-state index in [0.29, 0.717) is 8.99 Å². The minimum absolute atomic E-state index is 0.0767. The molecule has 5 heteroatoms. The van der Waals surface area contributed by atoms with Crippen LogP contribution in [0.2, 0.25) is 0 Å². The highest BCUT2D eigenvalue weighted by atomic mass is 127. The number of nitrogens with zero attached hydrogens (tertiary/aromatic N) is 2. The molecule has 0 saturated heterocycles. The summed E-state index contributed by atoms with van der Waals surface area (Å²) in [5, 5.41) is 0.970. The number of rotatable bonds is 3. The molecule has 0 atom stereocenters. The molecule has 1 aliphatic carbocycles. The maximum Gasteiger partial charge on any atom is 0.266 e. The van der Waals surface area contributed by atoms with Crippen molar-refractivity contribution in [2.24, 2.45) is 5.41 Å². The zero-order valence-corrected chi connectivity index (χ0v) is 11.3. The molecule has 2 rings (SSSR count). The molecule has 0 amide bonds. The van der Waals surface area contributed by atoms with Crippen LogP contribution in [-0.2, 0) is 6.54 Å². The number of alkyl halides is 1. The maximum absolute atomic E-state index is 11.7. The predicted molar refractivity (Wildman–Crippen MR) is 66.7 cm³/mol. The van der Waals surface area contributed by atoms with Crippen LogP contribution in [-0.4, -0.2) is 14.9 Å². The van der Waals surface area contributed by atoms with Gasteiger partial charge in [-0.2, -0.15) is 0 Å². The van der Waals surface area contributed by atoms with Crippen LogP contribution in [0, 0.1) is 8.99 Å². The van der Waals surface area contributed by atoms with Crippen LogP contribution in [0.5, 0.6) is 0 Å². The molecule has 1 fully saturated rings. The summed E-state index contributed by atoms with van der Waals surface area (Å²) in [7, 11) is 0. The van der Waals surface area contributed by atoms with Crippen molar-refractivity contribution in [3.63, 3.8) is 0 Å². The first-order valence-electron chi connectivity index (χ1n) is 4.43. The number of aromatic nitrogens is 2. The molecule has 0 aromatic carbocycles. The zero-order chi connectivity index (χ0) is 10.2. The van der Waals surface area contributed by atoms with Crippen molar-refractivity contribution in [3.05, 3.63) is 26.4 Å². The lowest BCUT2D eigenvalue weighted by Gasteiger charge is -2.12. The first kappa shape index (κ1) is 10.6. The second-order valence-electron chi connectivity index (χ2n) is 3.81. The second kappa shape index (κ2) is 3.92. The van der Waals surface area contributed by atoms with Gasteiger partial charge in [0.2, 0.25) is 0 Å². The van der Waals surface area contributed by atoms with E-state index in [1.54, 1.807) is 17.1 Å². The molecule has 76 valence electrons. The summed E-state index contributed by atoms with van der Waals surface area (Å²) in [6.07, 6.45) is 5.65. The molecule has 0 spiro atoms. The molecule has 0 bridgehead atoms. The van der Waals surface area contributed by atoms with Gasteiger partial charge in [0.1, 0.15) is 0 Å². The highest BCUT2D eigenvalue weighted by Crippen LogP contribution is 2.48. The van der Waals surface area contributed by atoms with Gasteiger partial charge in [0.25, 0.3) is 5.56 Å². The van der Waals surface area contributed by atoms with Crippen LogP contribution in [0.25, 0.3) is 0 Å². The predicted octanol–water partition coefficient (Wildman–Crippen LogP) is 2.02. The van der Waals surface area contributed by atoms with Crippen molar-refractivity contribution < 1.29 is 0 Å². The minimum atomic E-state index is 0.0767. The van der Waals surface area contributed by atoms with E-state index in [1.807, 2.05) is 22.6 Å². The molecule has 1 aromatic rings. The van der Waals surface area contributed by atoms with Crippen LogP contribution in [0.1, 0.15) is 12.8 Å². The van der Waals surface area contributed by atoms with Crippen molar-refractivity contribution in [1.29, 1.82) is 0 Å². The monoisotopic (exact) mass is 368 g/mol. The largest absolute Gasteiger partial charge is 0.298 e. The fourth-order valence-corrected chi connectivity index (χ4v) is 2.62. The molecule has 0 unspecified atom stereocenters. The molecule has 14 heavy (non-hydrogen) atoms. The van der Waals surface area contributed by atoms with Crippen molar-refractivity contribution in [2.75, 3.05) is 5.33 Å². The SMILES string of the molecule is O=c1c(I)cncn1CC1(CBr)CC1. The van der Waals surface area contributed by atoms with E-state index in [2.05, 4.69) is 20.9 Å². The van der Waals surface area contributed by atoms with Gasteiger partial charge >= 0.3 is 0 Å². The van der Waals surface area contributed by atoms with Gasteiger partial charge in [-0.1, -0.05) is 15.9 Å². The van der Waals surface area contributed by atoms with Gasteiger partial charge in [0.15, 0.2) is 0 Å². The van der Waals surface area contributed by atoms with Crippen LogP contribution in [0.4, 0.5) is 0 Å². The third-order valence-electron chi connectivity index (χ3n) is 2.61. The van der Waals surface area contributed by atoms with Crippen molar-refractivity contribution in [3.8, 4) is 0 Å². The third-order valence-corrected chi connectivity index (χ3v) is 4.53. The first-order valence-corrected chi connectivity index (χ1v) is 6.63. The van der Waals surface area contributed by atoms with Gasteiger partial charge in [-0.15, -0.1) is 0 Å². The van der Waals surface area contributed by atoms with Crippen molar-refractivity contribution in [1.82, 2.24) is 9.55 Å². The Morgan fingerprint density at radius 3 is 2.93 bits per heavy atom. The number of hydrogen-bond donors (Lipinski definition) is 0. The fourth-order valence-electron chi connectivity index (χ4n) is 1.41. The topological polar surface area (TPSA) is 34.9 Å². The minimum Gasteiger partial charge on any atom is -0.298 e. The highest BCUT2D eigenvalue weighted by Gasteiger charge is 2.41. The Labute approximate surface area is 104 Å². The van der Waals surface area contributed by atoms with Gasteiger partial charge in [-0.05, 0) is 40.8 Å². The van der Waals surface area contributed by atoms with Crippen molar-refractivity contribution in [2.45, 2.75) is 19.4 Å². The third kappa shape index (κ3) is 2.03. The summed E-state index contributed by atoms with van der Waals surface area (Å²) in [5.41, 5.74) is 0.392. The quantitative estimate of drug-likeness (QED) is 0.604. The molecular formula is C9H10BrIN2O.